The lowest BCUT2D eigenvalue weighted by molar-refractivity contribution is -0.143. The Morgan fingerprint density at radius 2 is 2.11 bits per heavy atom. The molecule has 0 aliphatic rings. The second kappa shape index (κ2) is 6.95. The van der Waals surface area contributed by atoms with Crippen LogP contribution in [0.15, 0.2) is 21.2 Å². The quantitative estimate of drug-likeness (QED) is 0.818. The molecule has 18 heavy (non-hydrogen) atoms. The van der Waals surface area contributed by atoms with E-state index in [9.17, 15) is 4.79 Å². The fourth-order valence-electron chi connectivity index (χ4n) is 1.79. The molecule has 1 N–H and O–H groups in total. The van der Waals surface area contributed by atoms with Crippen LogP contribution >= 0.6 is 15.9 Å². The first-order chi connectivity index (χ1) is 8.43. The van der Waals surface area contributed by atoms with E-state index < -0.39 is 0 Å². The smallest absolute Gasteiger partial charge is 0.322 e. The van der Waals surface area contributed by atoms with Gasteiger partial charge in [0.25, 0.3) is 0 Å². The topological polar surface area (TPSA) is 51.5 Å². The third kappa shape index (κ3) is 4.46. The third-order valence-electron chi connectivity index (χ3n) is 2.66. The van der Waals surface area contributed by atoms with E-state index in [2.05, 4.69) is 35.1 Å². The van der Waals surface area contributed by atoms with Crippen molar-refractivity contribution in [3.63, 3.8) is 0 Å². The zero-order valence-electron chi connectivity index (χ0n) is 11.2. The number of esters is 1. The SMILES string of the molecule is COC(=O)C(CC(C)C)NC(C)c1ccc(Br)o1. The number of hydrogen-bond donors (Lipinski definition) is 1. The molecule has 5 heteroatoms. The molecular weight excluding hydrogens is 298 g/mol. The molecule has 0 amide bonds. The number of rotatable bonds is 6. The Morgan fingerprint density at radius 3 is 2.56 bits per heavy atom. The Bertz CT molecular complexity index is 389. The summed E-state index contributed by atoms with van der Waals surface area (Å²) in [6.07, 6.45) is 0.735. The lowest BCUT2D eigenvalue weighted by Crippen LogP contribution is -2.40. The van der Waals surface area contributed by atoms with Gasteiger partial charge in [0.15, 0.2) is 4.67 Å². The maximum Gasteiger partial charge on any atom is 0.322 e. The molecule has 0 spiro atoms. The van der Waals surface area contributed by atoms with Gasteiger partial charge < -0.3 is 9.15 Å². The monoisotopic (exact) mass is 317 g/mol. The minimum Gasteiger partial charge on any atom is -0.468 e. The van der Waals surface area contributed by atoms with Gasteiger partial charge >= 0.3 is 5.97 Å². The van der Waals surface area contributed by atoms with Crippen molar-refractivity contribution >= 4 is 21.9 Å². The van der Waals surface area contributed by atoms with Gasteiger partial charge in [-0.1, -0.05) is 13.8 Å². The molecular formula is C13H20BrNO3. The van der Waals surface area contributed by atoms with Crippen molar-refractivity contribution in [2.45, 2.75) is 39.3 Å². The Hall–Kier alpha value is -0.810. The predicted molar refractivity (Wildman–Crippen MR) is 73.2 cm³/mol. The molecule has 0 saturated carbocycles. The first-order valence-electron chi connectivity index (χ1n) is 6.03. The zero-order chi connectivity index (χ0) is 13.7. The van der Waals surface area contributed by atoms with E-state index in [0.29, 0.717) is 10.6 Å². The molecule has 0 aliphatic heterocycles. The van der Waals surface area contributed by atoms with Gasteiger partial charge in [0.05, 0.1) is 13.2 Å². The summed E-state index contributed by atoms with van der Waals surface area (Å²) in [5.74, 6) is 0.970. The molecule has 1 rings (SSSR count). The molecule has 1 heterocycles. The Kier molecular flexibility index (Phi) is 5.88. The number of carbonyl (C=O) groups excluding carboxylic acids is 1. The van der Waals surface area contributed by atoms with Crippen LogP contribution in [0.5, 0.6) is 0 Å². The van der Waals surface area contributed by atoms with E-state index in [1.165, 1.54) is 7.11 Å². The number of furan rings is 1. The van der Waals surface area contributed by atoms with Gasteiger partial charge in [-0.3, -0.25) is 10.1 Å². The van der Waals surface area contributed by atoms with Gasteiger partial charge in [0.1, 0.15) is 11.8 Å². The third-order valence-corrected chi connectivity index (χ3v) is 3.09. The van der Waals surface area contributed by atoms with Crippen molar-refractivity contribution in [2.24, 2.45) is 5.92 Å². The highest BCUT2D eigenvalue weighted by Crippen LogP contribution is 2.21. The fraction of sp³-hybridized carbons (Fsp3) is 0.615. The highest BCUT2D eigenvalue weighted by molar-refractivity contribution is 9.10. The van der Waals surface area contributed by atoms with Crippen molar-refractivity contribution < 1.29 is 13.9 Å². The van der Waals surface area contributed by atoms with Crippen LogP contribution in [0.25, 0.3) is 0 Å². The summed E-state index contributed by atoms with van der Waals surface area (Å²) in [6, 6.07) is 3.36. The van der Waals surface area contributed by atoms with Crippen molar-refractivity contribution in [1.82, 2.24) is 5.32 Å². The van der Waals surface area contributed by atoms with Gasteiger partial charge in [-0.05, 0) is 47.3 Å². The van der Waals surface area contributed by atoms with Crippen molar-refractivity contribution in [2.75, 3.05) is 7.11 Å². The van der Waals surface area contributed by atoms with E-state index in [4.69, 9.17) is 9.15 Å². The number of ether oxygens (including phenoxy) is 1. The summed E-state index contributed by atoms with van der Waals surface area (Å²) < 4.78 is 11.0. The average Bonchev–Trinajstić information content (AvgIpc) is 2.73. The van der Waals surface area contributed by atoms with Crippen LogP contribution in [-0.2, 0) is 9.53 Å². The molecule has 2 atom stereocenters. The summed E-state index contributed by atoms with van der Waals surface area (Å²) in [4.78, 5) is 11.7. The maximum atomic E-state index is 11.7. The van der Waals surface area contributed by atoms with Crippen LogP contribution in [-0.4, -0.2) is 19.1 Å². The minimum absolute atomic E-state index is 0.0425. The number of hydrogen-bond acceptors (Lipinski definition) is 4. The van der Waals surface area contributed by atoms with Gasteiger partial charge in [0.2, 0.25) is 0 Å². The van der Waals surface area contributed by atoms with Crippen LogP contribution in [0.3, 0.4) is 0 Å². The summed E-state index contributed by atoms with van der Waals surface area (Å²) in [7, 11) is 1.41. The van der Waals surface area contributed by atoms with Gasteiger partial charge in [-0.25, -0.2) is 0 Å². The molecule has 0 aromatic carbocycles. The van der Waals surface area contributed by atoms with Crippen molar-refractivity contribution in [3.8, 4) is 0 Å². The average molecular weight is 318 g/mol. The maximum absolute atomic E-state index is 11.7. The molecule has 0 radical (unpaired) electrons. The summed E-state index contributed by atoms with van der Waals surface area (Å²) >= 11 is 3.26. The molecule has 0 fully saturated rings. The molecule has 1 aromatic rings. The second-order valence-electron chi connectivity index (χ2n) is 4.74. The largest absolute Gasteiger partial charge is 0.468 e. The van der Waals surface area contributed by atoms with E-state index in [1.54, 1.807) is 0 Å². The molecule has 4 nitrogen and oxygen atoms in total. The van der Waals surface area contributed by atoms with Gasteiger partial charge in [-0.2, -0.15) is 0 Å². The van der Waals surface area contributed by atoms with E-state index in [-0.39, 0.29) is 18.1 Å². The molecule has 1 aromatic heterocycles. The summed E-state index contributed by atoms with van der Waals surface area (Å²) in [6.45, 7) is 6.11. The predicted octanol–water partition coefficient (Wildman–Crippen LogP) is 3.28. The van der Waals surface area contributed by atoms with Crippen LogP contribution in [0.1, 0.15) is 39.0 Å². The lowest BCUT2D eigenvalue weighted by Gasteiger charge is -2.21. The highest BCUT2D eigenvalue weighted by atomic mass is 79.9. The van der Waals surface area contributed by atoms with Crippen LogP contribution < -0.4 is 5.32 Å². The molecule has 0 saturated heterocycles. The first kappa shape index (κ1) is 15.2. The number of carbonyl (C=O) groups is 1. The molecule has 0 bridgehead atoms. The summed E-state index contributed by atoms with van der Waals surface area (Å²) in [5.41, 5.74) is 0. The van der Waals surface area contributed by atoms with Crippen LogP contribution in [0, 0.1) is 5.92 Å². The number of nitrogens with one attached hydrogen (secondary N) is 1. The van der Waals surface area contributed by atoms with Crippen LogP contribution in [0.4, 0.5) is 0 Å². The van der Waals surface area contributed by atoms with Gasteiger partial charge in [-0.15, -0.1) is 0 Å². The summed E-state index contributed by atoms with van der Waals surface area (Å²) in [5, 5.41) is 3.24. The Morgan fingerprint density at radius 1 is 1.44 bits per heavy atom. The van der Waals surface area contributed by atoms with Crippen molar-refractivity contribution in [1.29, 1.82) is 0 Å². The lowest BCUT2D eigenvalue weighted by atomic mass is 10.0. The number of halogens is 1. The highest BCUT2D eigenvalue weighted by Gasteiger charge is 2.23. The van der Waals surface area contributed by atoms with Gasteiger partial charge in [0, 0.05) is 0 Å². The normalized spacial score (nSPS) is 14.6. The minimum atomic E-state index is -0.311. The first-order valence-corrected chi connectivity index (χ1v) is 6.82. The molecule has 102 valence electrons. The standard InChI is InChI=1S/C13H20BrNO3/c1-8(2)7-10(13(16)17-4)15-9(3)11-5-6-12(14)18-11/h5-6,8-10,15H,7H2,1-4H3. The van der Waals surface area contributed by atoms with Crippen LogP contribution in [0.2, 0.25) is 0 Å². The second-order valence-corrected chi connectivity index (χ2v) is 5.52. The van der Waals surface area contributed by atoms with E-state index >= 15 is 0 Å². The van der Waals surface area contributed by atoms with Crippen molar-refractivity contribution in [3.05, 3.63) is 22.6 Å². The Balaban J connectivity index is 2.67. The van der Waals surface area contributed by atoms with E-state index in [0.717, 1.165) is 12.2 Å². The molecule has 2 unspecified atom stereocenters. The zero-order valence-corrected chi connectivity index (χ0v) is 12.8. The van der Waals surface area contributed by atoms with E-state index in [1.807, 2.05) is 19.1 Å². The molecule has 0 aliphatic carbocycles. The Labute approximate surface area is 116 Å². The fourth-order valence-corrected chi connectivity index (χ4v) is 2.11. The number of methoxy groups -OCH3 is 1.